The van der Waals surface area contributed by atoms with Gasteiger partial charge in [-0.1, -0.05) is 0 Å². The summed E-state index contributed by atoms with van der Waals surface area (Å²) in [5.41, 5.74) is 5.95. The largest absolute Gasteiger partial charge is 0.397 e. The summed E-state index contributed by atoms with van der Waals surface area (Å²) >= 11 is 3.18. The van der Waals surface area contributed by atoms with Crippen molar-refractivity contribution in [3.63, 3.8) is 0 Å². The number of nitrogen functional groups attached to an aromatic ring is 1. The van der Waals surface area contributed by atoms with Crippen molar-refractivity contribution in [2.24, 2.45) is 7.05 Å². The fourth-order valence-electron chi connectivity index (χ4n) is 1.23. The molecular weight excluding hydrogens is 322 g/mol. The smallest absolute Gasteiger partial charge is 0.282 e. The summed E-state index contributed by atoms with van der Waals surface area (Å²) in [5, 5.41) is -0.0736. The first-order chi connectivity index (χ1) is 8.38. The fourth-order valence-corrected chi connectivity index (χ4v) is 2.84. The molecule has 96 valence electrons. The molecule has 2 aromatic heterocycles. The highest BCUT2D eigenvalue weighted by molar-refractivity contribution is 9.10. The van der Waals surface area contributed by atoms with E-state index in [-0.39, 0.29) is 10.8 Å². The Labute approximate surface area is 112 Å². The molecular formula is C9H10BrN5O2S. The number of nitrogens with one attached hydrogen (secondary N) is 1. The van der Waals surface area contributed by atoms with Crippen LogP contribution in [0.3, 0.4) is 0 Å². The number of anilines is 2. The lowest BCUT2D eigenvalue weighted by Gasteiger charge is -2.07. The van der Waals surface area contributed by atoms with Crippen molar-refractivity contribution in [1.82, 2.24) is 14.5 Å². The third-order valence-corrected chi connectivity index (χ3v) is 3.88. The molecule has 0 saturated carbocycles. The molecule has 0 atom stereocenters. The molecule has 0 unspecified atom stereocenters. The van der Waals surface area contributed by atoms with E-state index in [2.05, 4.69) is 30.6 Å². The number of aryl methyl sites for hydroxylation is 1. The lowest BCUT2D eigenvalue weighted by Crippen LogP contribution is -2.14. The number of sulfonamides is 1. The quantitative estimate of drug-likeness (QED) is 0.871. The van der Waals surface area contributed by atoms with Crippen molar-refractivity contribution in [2.45, 2.75) is 5.03 Å². The summed E-state index contributed by atoms with van der Waals surface area (Å²) in [6.07, 6.45) is 4.16. The van der Waals surface area contributed by atoms with Crippen molar-refractivity contribution in [1.29, 1.82) is 0 Å². The molecule has 0 fully saturated rings. The van der Waals surface area contributed by atoms with Gasteiger partial charge < -0.3 is 10.3 Å². The monoisotopic (exact) mass is 331 g/mol. The number of aromatic nitrogens is 3. The van der Waals surface area contributed by atoms with Crippen LogP contribution in [0, 0.1) is 0 Å². The highest BCUT2D eigenvalue weighted by Crippen LogP contribution is 2.23. The summed E-state index contributed by atoms with van der Waals surface area (Å²) in [5.74, 6) is 0.162. The summed E-state index contributed by atoms with van der Waals surface area (Å²) in [6, 6.07) is 1.56. The Bertz CT molecular complexity index is 682. The number of pyridine rings is 1. The zero-order valence-corrected chi connectivity index (χ0v) is 11.7. The van der Waals surface area contributed by atoms with Crippen molar-refractivity contribution < 1.29 is 8.42 Å². The van der Waals surface area contributed by atoms with E-state index in [9.17, 15) is 8.42 Å². The topological polar surface area (TPSA) is 103 Å². The average Bonchev–Trinajstić information content (AvgIpc) is 2.70. The lowest BCUT2D eigenvalue weighted by atomic mass is 10.4. The van der Waals surface area contributed by atoms with Crippen LogP contribution in [0.25, 0.3) is 0 Å². The summed E-state index contributed by atoms with van der Waals surface area (Å²) < 4.78 is 28.3. The van der Waals surface area contributed by atoms with Gasteiger partial charge in [0.25, 0.3) is 10.0 Å². The zero-order valence-electron chi connectivity index (χ0n) is 9.33. The minimum Gasteiger partial charge on any atom is -0.397 e. The molecule has 0 spiro atoms. The Morgan fingerprint density at radius 2 is 2.17 bits per heavy atom. The zero-order chi connectivity index (χ0) is 13.3. The lowest BCUT2D eigenvalue weighted by molar-refractivity contribution is 0.598. The number of hydrogen-bond donors (Lipinski definition) is 2. The number of nitrogens with two attached hydrogens (primary N) is 1. The molecule has 0 aliphatic carbocycles. The first-order valence-electron chi connectivity index (χ1n) is 4.80. The van der Waals surface area contributed by atoms with E-state index in [4.69, 9.17) is 5.73 Å². The number of imidazole rings is 1. The Morgan fingerprint density at radius 1 is 1.44 bits per heavy atom. The maximum atomic E-state index is 12.0. The van der Waals surface area contributed by atoms with Crippen molar-refractivity contribution in [2.75, 3.05) is 10.5 Å². The fraction of sp³-hybridized carbons (Fsp3) is 0.111. The van der Waals surface area contributed by atoms with Crippen LogP contribution in [-0.4, -0.2) is 23.0 Å². The van der Waals surface area contributed by atoms with Gasteiger partial charge in [-0.2, -0.15) is 8.42 Å². The third-order valence-electron chi connectivity index (χ3n) is 2.05. The van der Waals surface area contributed by atoms with E-state index in [1.807, 2.05) is 0 Å². The molecule has 18 heavy (non-hydrogen) atoms. The normalized spacial score (nSPS) is 11.4. The van der Waals surface area contributed by atoms with Gasteiger partial charge in [-0.25, -0.2) is 9.97 Å². The molecule has 2 aromatic rings. The van der Waals surface area contributed by atoms with Gasteiger partial charge in [0.1, 0.15) is 0 Å². The highest BCUT2D eigenvalue weighted by atomic mass is 79.9. The molecule has 0 aromatic carbocycles. The minimum absolute atomic E-state index is 0.0736. The van der Waals surface area contributed by atoms with Crippen molar-refractivity contribution >= 4 is 37.5 Å². The number of hydrogen-bond acceptors (Lipinski definition) is 5. The molecule has 0 saturated heterocycles. The van der Waals surface area contributed by atoms with Gasteiger partial charge in [0.05, 0.1) is 22.7 Å². The van der Waals surface area contributed by atoms with Crippen molar-refractivity contribution in [3.8, 4) is 0 Å². The summed E-state index contributed by atoms with van der Waals surface area (Å²) in [4.78, 5) is 7.67. The van der Waals surface area contributed by atoms with Gasteiger partial charge in [0.2, 0.25) is 0 Å². The Kier molecular flexibility index (Phi) is 3.26. The second-order valence-corrected chi connectivity index (χ2v) is 6.07. The molecule has 7 nitrogen and oxygen atoms in total. The standard InChI is InChI=1S/C9H10BrN5O2S/c1-15-4-8(13-5-15)18(16,17)14-9-7(10)2-6(11)3-12-9/h2-5H,11H2,1H3,(H,12,14). The van der Waals surface area contributed by atoms with Gasteiger partial charge in [-0.3, -0.25) is 4.72 Å². The van der Waals surface area contributed by atoms with Gasteiger partial charge in [0.15, 0.2) is 10.8 Å². The van der Waals surface area contributed by atoms with Gasteiger partial charge in [-0.05, 0) is 22.0 Å². The number of rotatable bonds is 3. The first-order valence-corrected chi connectivity index (χ1v) is 7.08. The minimum atomic E-state index is -3.74. The van der Waals surface area contributed by atoms with Gasteiger partial charge in [-0.15, -0.1) is 0 Å². The Hall–Kier alpha value is -1.61. The number of halogens is 1. The van der Waals surface area contributed by atoms with E-state index < -0.39 is 10.0 Å². The van der Waals surface area contributed by atoms with E-state index >= 15 is 0 Å². The average molecular weight is 332 g/mol. The van der Waals surface area contributed by atoms with E-state index in [1.54, 1.807) is 17.7 Å². The van der Waals surface area contributed by atoms with E-state index in [1.165, 1.54) is 18.7 Å². The van der Waals surface area contributed by atoms with E-state index in [0.717, 1.165) is 0 Å². The van der Waals surface area contributed by atoms with Crippen LogP contribution in [-0.2, 0) is 17.1 Å². The molecule has 0 aliphatic heterocycles. The van der Waals surface area contributed by atoms with Crippen LogP contribution in [0.4, 0.5) is 11.5 Å². The molecule has 0 aliphatic rings. The van der Waals surface area contributed by atoms with Crippen molar-refractivity contribution in [3.05, 3.63) is 29.3 Å². The third kappa shape index (κ3) is 2.62. The number of nitrogens with zero attached hydrogens (tertiary/aromatic N) is 3. The van der Waals surface area contributed by atoms with Crippen LogP contribution in [0.2, 0.25) is 0 Å². The van der Waals surface area contributed by atoms with Crippen LogP contribution in [0.15, 0.2) is 34.3 Å². The van der Waals surface area contributed by atoms with Crippen LogP contribution in [0.1, 0.15) is 0 Å². The Morgan fingerprint density at radius 3 is 2.72 bits per heavy atom. The second-order valence-electron chi connectivity index (χ2n) is 3.58. The predicted octanol–water partition coefficient (Wildman–Crippen LogP) is 0.961. The summed E-state index contributed by atoms with van der Waals surface area (Å²) in [7, 11) is -2.06. The Balaban J connectivity index is 2.33. The first kappa shape index (κ1) is 12.8. The summed E-state index contributed by atoms with van der Waals surface area (Å²) in [6.45, 7) is 0. The molecule has 2 heterocycles. The molecule has 0 radical (unpaired) electrons. The van der Waals surface area contributed by atoms with E-state index in [0.29, 0.717) is 10.2 Å². The molecule has 0 amide bonds. The van der Waals surface area contributed by atoms with Crippen LogP contribution >= 0.6 is 15.9 Å². The molecule has 3 N–H and O–H groups in total. The molecule has 2 rings (SSSR count). The highest BCUT2D eigenvalue weighted by Gasteiger charge is 2.19. The molecule has 0 bridgehead atoms. The molecule has 9 heteroatoms. The second kappa shape index (κ2) is 4.58. The SMILES string of the molecule is Cn1cnc(S(=O)(=O)Nc2ncc(N)cc2Br)c1. The predicted molar refractivity (Wildman–Crippen MR) is 70.4 cm³/mol. The maximum Gasteiger partial charge on any atom is 0.282 e. The van der Waals surface area contributed by atoms with Gasteiger partial charge in [0, 0.05) is 13.2 Å². The maximum absolute atomic E-state index is 12.0. The van der Waals surface area contributed by atoms with Crippen LogP contribution < -0.4 is 10.5 Å². The van der Waals surface area contributed by atoms with Crippen LogP contribution in [0.5, 0.6) is 0 Å². The van der Waals surface area contributed by atoms with Gasteiger partial charge >= 0.3 is 0 Å².